The highest BCUT2D eigenvalue weighted by molar-refractivity contribution is 14.1. The first-order chi connectivity index (χ1) is 7.13. The number of hydrogen-bond acceptors (Lipinski definition) is 2. The summed E-state index contributed by atoms with van der Waals surface area (Å²) in [6.45, 7) is 1.96. The Hall–Kier alpha value is -0.420. The summed E-state index contributed by atoms with van der Waals surface area (Å²) in [7, 11) is 0. The molecule has 0 bridgehead atoms. The lowest BCUT2D eigenvalue weighted by atomic mass is 10.0. The minimum Gasteiger partial charge on any atom is -0.385 e. The van der Waals surface area contributed by atoms with Gasteiger partial charge in [0.25, 0.3) is 0 Å². The lowest BCUT2D eigenvalue weighted by molar-refractivity contribution is -0.126. The van der Waals surface area contributed by atoms with Crippen LogP contribution in [0.1, 0.15) is 25.3 Å². The highest BCUT2D eigenvalue weighted by atomic mass is 127. The number of ketones is 1. The van der Waals surface area contributed by atoms with Crippen LogP contribution in [0.25, 0.3) is 0 Å². The van der Waals surface area contributed by atoms with E-state index in [1.165, 1.54) is 0 Å². The molecule has 0 fully saturated rings. The van der Waals surface area contributed by atoms with Gasteiger partial charge in [0.2, 0.25) is 0 Å². The van der Waals surface area contributed by atoms with E-state index in [1.54, 1.807) is 0 Å². The first-order valence-electron chi connectivity index (χ1n) is 5.08. The van der Waals surface area contributed by atoms with Crippen molar-refractivity contribution in [2.24, 2.45) is 0 Å². The summed E-state index contributed by atoms with van der Waals surface area (Å²) < 4.78 is 1.15. The molecule has 1 rings (SSSR count). The van der Waals surface area contributed by atoms with Gasteiger partial charge in [0.1, 0.15) is 6.10 Å². The van der Waals surface area contributed by atoms with E-state index in [9.17, 15) is 9.90 Å². The minimum absolute atomic E-state index is 0.0851. The fraction of sp³-hybridized carbons (Fsp3) is 0.417. The number of hydrogen-bond donors (Lipinski definition) is 1. The van der Waals surface area contributed by atoms with Crippen LogP contribution >= 0.6 is 22.6 Å². The summed E-state index contributed by atoms with van der Waals surface area (Å²) in [5.74, 6) is -0.0851. The molecule has 0 aliphatic carbocycles. The van der Waals surface area contributed by atoms with Gasteiger partial charge in [0, 0.05) is 9.99 Å². The summed E-state index contributed by atoms with van der Waals surface area (Å²) in [5, 5.41) is 9.48. The van der Waals surface area contributed by atoms with E-state index in [0.717, 1.165) is 15.6 Å². The van der Waals surface area contributed by atoms with Gasteiger partial charge in [-0.25, -0.2) is 0 Å². The van der Waals surface area contributed by atoms with E-state index in [2.05, 4.69) is 22.6 Å². The monoisotopic (exact) mass is 318 g/mol. The van der Waals surface area contributed by atoms with Gasteiger partial charge in [-0.1, -0.05) is 25.5 Å². The van der Waals surface area contributed by atoms with Crippen molar-refractivity contribution in [2.75, 3.05) is 0 Å². The van der Waals surface area contributed by atoms with E-state index < -0.39 is 6.10 Å². The molecular weight excluding hydrogens is 303 g/mol. The SMILES string of the molecule is CCCC(O)C(=O)Cc1ccc(I)cc1. The molecule has 0 amide bonds. The maximum absolute atomic E-state index is 11.5. The number of aliphatic hydroxyl groups excluding tert-OH is 1. The highest BCUT2D eigenvalue weighted by Gasteiger charge is 2.13. The van der Waals surface area contributed by atoms with Crippen LogP contribution in [-0.2, 0) is 11.2 Å². The van der Waals surface area contributed by atoms with Crippen LogP contribution in [0.15, 0.2) is 24.3 Å². The molecule has 1 atom stereocenters. The van der Waals surface area contributed by atoms with E-state index in [-0.39, 0.29) is 5.78 Å². The van der Waals surface area contributed by atoms with Gasteiger partial charge in [-0.2, -0.15) is 0 Å². The smallest absolute Gasteiger partial charge is 0.165 e. The van der Waals surface area contributed by atoms with Crippen LogP contribution < -0.4 is 0 Å². The molecule has 0 radical (unpaired) electrons. The molecule has 1 aromatic carbocycles. The lowest BCUT2D eigenvalue weighted by Crippen LogP contribution is -2.21. The predicted octanol–water partition coefficient (Wildman–Crippen LogP) is 2.56. The zero-order chi connectivity index (χ0) is 11.3. The van der Waals surface area contributed by atoms with Crippen molar-refractivity contribution in [2.45, 2.75) is 32.3 Å². The second kappa shape index (κ2) is 6.23. The lowest BCUT2D eigenvalue weighted by Gasteiger charge is -2.07. The molecule has 2 nitrogen and oxygen atoms in total. The second-order valence-electron chi connectivity index (χ2n) is 3.57. The van der Waals surface area contributed by atoms with Crippen molar-refractivity contribution in [3.63, 3.8) is 0 Å². The molecule has 3 heteroatoms. The zero-order valence-corrected chi connectivity index (χ0v) is 10.9. The number of rotatable bonds is 5. The van der Waals surface area contributed by atoms with Crippen molar-refractivity contribution >= 4 is 28.4 Å². The summed E-state index contributed by atoms with van der Waals surface area (Å²) in [6, 6.07) is 7.79. The van der Waals surface area contributed by atoms with Crippen molar-refractivity contribution < 1.29 is 9.90 Å². The average Bonchev–Trinajstić information content (AvgIpc) is 2.22. The summed E-state index contributed by atoms with van der Waals surface area (Å²) in [6.07, 6.45) is 0.926. The predicted molar refractivity (Wildman–Crippen MR) is 68.8 cm³/mol. The summed E-state index contributed by atoms with van der Waals surface area (Å²) in [4.78, 5) is 11.5. The molecule has 0 saturated heterocycles. The molecule has 1 unspecified atom stereocenters. The Labute approximate surface area is 104 Å². The number of carbonyl (C=O) groups is 1. The second-order valence-corrected chi connectivity index (χ2v) is 4.82. The molecule has 0 aromatic heterocycles. The van der Waals surface area contributed by atoms with Crippen LogP contribution in [0.3, 0.4) is 0 Å². The third-order valence-electron chi connectivity index (χ3n) is 2.23. The number of Topliss-reactive ketones (excluding diaryl/α,β-unsaturated/α-hetero) is 1. The normalized spacial score (nSPS) is 12.5. The maximum Gasteiger partial charge on any atom is 0.165 e. The van der Waals surface area contributed by atoms with Gasteiger partial charge in [-0.15, -0.1) is 0 Å². The first-order valence-corrected chi connectivity index (χ1v) is 6.16. The van der Waals surface area contributed by atoms with E-state index in [1.807, 2.05) is 31.2 Å². The third kappa shape index (κ3) is 4.30. The van der Waals surface area contributed by atoms with Gasteiger partial charge in [0.15, 0.2) is 5.78 Å². The Morgan fingerprint density at radius 1 is 1.40 bits per heavy atom. The van der Waals surface area contributed by atoms with E-state index >= 15 is 0 Å². The molecular formula is C12H15IO2. The number of halogens is 1. The fourth-order valence-electron chi connectivity index (χ4n) is 1.36. The summed E-state index contributed by atoms with van der Waals surface area (Å²) >= 11 is 2.22. The van der Waals surface area contributed by atoms with Crippen LogP contribution in [0.2, 0.25) is 0 Å². The van der Waals surface area contributed by atoms with Gasteiger partial charge >= 0.3 is 0 Å². The Morgan fingerprint density at radius 2 is 2.00 bits per heavy atom. The Kier molecular flexibility index (Phi) is 5.25. The van der Waals surface area contributed by atoms with Crippen LogP contribution in [0.5, 0.6) is 0 Å². The maximum atomic E-state index is 11.5. The zero-order valence-electron chi connectivity index (χ0n) is 8.74. The number of benzene rings is 1. The standard InChI is InChI=1S/C12H15IO2/c1-2-3-11(14)12(15)8-9-4-6-10(13)7-5-9/h4-7,11,14H,2-3,8H2,1H3. The van der Waals surface area contributed by atoms with Gasteiger partial charge < -0.3 is 5.11 Å². The average molecular weight is 318 g/mol. The van der Waals surface area contributed by atoms with E-state index in [4.69, 9.17) is 0 Å². The number of carbonyl (C=O) groups excluding carboxylic acids is 1. The Morgan fingerprint density at radius 3 is 2.53 bits per heavy atom. The molecule has 0 saturated carbocycles. The molecule has 0 aliphatic heterocycles. The van der Waals surface area contributed by atoms with Gasteiger partial charge in [-0.05, 0) is 46.7 Å². The summed E-state index contributed by atoms with van der Waals surface area (Å²) in [5.41, 5.74) is 0.968. The molecule has 0 heterocycles. The molecule has 15 heavy (non-hydrogen) atoms. The topological polar surface area (TPSA) is 37.3 Å². The van der Waals surface area contributed by atoms with Crippen LogP contribution in [0.4, 0.5) is 0 Å². The van der Waals surface area contributed by atoms with Crippen molar-refractivity contribution in [1.29, 1.82) is 0 Å². The van der Waals surface area contributed by atoms with E-state index in [0.29, 0.717) is 12.8 Å². The van der Waals surface area contributed by atoms with Gasteiger partial charge in [-0.3, -0.25) is 4.79 Å². The third-order valence-corrected chi connectivity index (χ3v) is 2.94. The molecule has 0 spiro atoms. The highest BCUT2D eigenvalue weighted by Crippen LogP contribution is 2.09. The van der Waals surface area contributed by atoms with Crippen molar-refractivity contribution in [3.05, 3.63) is 33.4 Å². The van der Waals surface area contributed by atoms with Crippen LogP contribution in [0, 0.1) is 3.57 Å². The quantitative estimate of drug-likeness (QED) is 0.847. The number of aliphatic hydroxyl groups is 1. The van der Waals surface area contributed by atoms with Crippen molar-refractivity contribution in [1.82, 2.24) is 0 Å². The largest absolute Gasteiger partial charge is 0.385 e. The minimum atomic E-state index is -0.797. The van der Waals surface area contributed by atoms with Crippen LogP contribution in [-0.4, -0.2) is 17.0 Å². The van der Waals surface area contributed by atoms with Gasteiger partial charge in [0.05, 0.1) is 0 Å². The van der Waals surface area contributed by atoms with Crippen molar-refractivity contribution in [3.8, 4) is 0 Å². The Balaban J connectivity index is 2.54. The molecule has 0 aliphatic rings. The molecule has 82 valence electrons. The molecule has 1 aromatic rings. The first kappa shape index (κ1) is 12.6. The molecule has 1 N–H and O–H groups in total. The Bertz CT molecular complexity index is 319. The fourth-order valence-corrected chi connectivity index (χ4v) is 1.72.